The fourth-order valence-electron chi connectivity index (χ4n) is 3.79. The SMILES string of the molecule is Cc1cccc(N2CCN(C(=O)c3ccnc(OC4CCOC4)c3)CC2)c1C. The highest BCUT2D eigenvalue weighted by Crippen LogP contribution is 2.24. The van der Waals surface area contributed by atoms with Crippen LogP contribution in [-0.2, 0) is 4.74 Å². The molecule has 0 aliphatic carbocycles. The number of carbonyl (C=O) groups is 1. The quantitative estimate of drug-likeness (QED) is 0.815. The van der Waals surface area contributed by atoms with E-state index in [-0.39, 0.29) is 12.0 Å². The number of amides is 1. The first kappa shape index (κ1) is 18.7. The van der Waals surface area contributed by atoms with E-state index in [4.69, 9.17) is 9.47 Å². The number of piperazine rings is 1. The number of anilines is 1. The Morgan fingerprint density at radius 2 is 2.00 bits per heavy atom. The molecule has 6 heteroatoms. The number of hydrogen-bond donors (Lipinski definition) is 0. The molecule has 0 radical (unpaired) electrons. The summed E-state index contributed by atoms with van der Waals surface area (Å²) in [5.41, 5.74) is 4.51. The van der Waals surface area contributed by atoms with E-state index in [0.717, 1.165) is 19.5 Å². The second-order valence-electron chi connectivity index (χ2n) is 7.48. The minimum Gasteiger partial charge on any atom is -0.472 e. The van der Waals surface area contributed by atoms with Gasteiger partial charge >= 0.3 is 0 Å². The van der Waals surface area contributed by atoms with E-state index >= 15 is 0 Å². The molecule has 0 saturated carbocycles. The molecule has 2 aromatic rings. The minimum atomic E-state index is 0.0268. The lowest BCUT2D eigenvalue weighted by atomic mass is 10.1. The highest BCUT2D eigenvalue weighted by molar-refractivity contribution is 5.94. The Morgan fingerprint density at radius 3 is 2.75 bits per heavy atom. The third-order valence-corrected chi connectivity index (χ3v) is 5.64. The van der Waals surface area contributed by atoms with Crippen molar-refractivity contribution in [1.82, 2.24) is 9.88 Å². The van der Waals surface area contributed by atoms with Crippen molar-refractivity contribution in [3.63, 3.8) is 0 Å². The molecule has 1 amide bonds. The van der Waals surface area contributed by atoms with E-state index in [1.54, 1.807) is 18.3 Å². The smallest absolute Gasteiger partial charge is 0.254 e. The number of nitrogens with zero attached hydrogens (tertiary/aromatic N) is 3. The van der Waals surface area contributed by atoms with Crippen LogP contribution in [0.5, 0.6) is 5.88 Å². The Bertz CT molecular complexity index is 841. The Hall–Kier alpha value is -2.60. The van der Waals surface area contributed by atoms with Gasteiger partial charge in [0.05, 0.1) is 13.2 Å². The van der Waals surface area contributed by atoms with Crippen LogP contribution in [0.15, 0.2) is 36.5 Å². The number of aromatic nitrogens is 1. The average molecular weight is 381 g/mol. The monoisotopic (exact) mass is 381 g/mol. The van der Waals surface area contributed by atoms with Crippen molar-refractivity contribution in [2.75, 3.05) is 44.3 Å². The van der Waals surface area contributed by atoms with Crippen LogP contribution in [0.2, 0.25) is 0 Å². The first-order valence-corrected chi connectivity index (χ1v) is 9.93. The van der Waals surface area contributed by atoms with Crippen molar-refractivity contribution in [2.24, 2.45) is 0 Å². The Labute approximate surface area is 166 Å². The summed E-state index contributed by atoms with van der Waals surface area (Å²) in [6, 6.07) is 9.91. The van der Waals surface area contributed by atoms with Crippen LogP contribution >= 0.6 is 0 Å². The molecule has 2 fully saturated rings. The molecule has 2 aliphatic heterocycles. The molecular formula is C22H27N3O3. The van der Waals surface area contributed by atoms with Crippen molar-refractivity contribution in [3.05, 3.63) is 53.2 Å². The first-order chi connectivity index (χ1) is 13.6. The average Bonchev–Trinajstić information content (AvgIpc) is 3.23. The van der Waals surface area contributed by atoms with Crippen LogP contribution in [0.4, 0.5) is 5.69 Å². The zero-order valence-electron chi connectivity index (χ0n) is 16.6. The van der Waals surface area contributed by atoms with Crippen LogP contribution in [0, 0.1) is 13.8 Å². The highest BCUT2D eigenvalue weighted by Gasteiger charge is 2.24. The van der Waals surface area contributed by atoms with E-state index in [1.807, 2.05) is 4.90 Å². The largest absolute Gasteiger partial charge is 0.472 e. The number of carbonyl (C=O) groups excluding carboxylic acids is 1. The molecule has 4 rings (SSSR count). The number of rotatable bonds is 4. The highest BCUT2D eigenvalue weighted by atomic mass is 16.5. The van der Waals surface area contributed by atoms with Gasteiger partial charge in [-0.3, -0.25) is 4.79 Å². The number of benzene rings is 1. The topological polar surface area (TPSA) is 54.9 Å². The molecule has 1 atom stereocenters. The van der Waals surface area contributed by atoms with Crippen LogP contribution in [0.25, 0.3) is 0 Å². The van der Waals surface area contributed by atoms with Gasteiger partial charge in [-0.15, -0.1) is 0 Å². The van der Waals surface area contributed by atoms with Gasteiger partial charge in [-0.2, -0.15) is 0 Å². The van der Waals surface area contributed by atoms with Crippen molar-refractivity contribution < 1.29 is 14.3 Å². The molecule has 148 valence electrons. The summed E-state index contributed by atoms with van der Waals surface area (Å²) in [6.45, 7) is 8.69. The summed E-state index contributed by atoms with van der Waals surface area (Å²) >= 11 is 0. The second kappa shape index (κ2) is 8.19. The van der Waals surface area contributed by atoms with E-state index in [1.165, 1.54) is 16.8 Å². The number of pyridine rings is 1. The third-order valence-electron chi connectivity index (χ3n) is 5.64. The Balaban J connectivity index is 1.39. The summed E-state index contributed by atoms with van der Waals surface area (Å²) in [5.74, 6) is 0.533. The maximum atomic E-state index is 13.0. The Morgan fingerprint density at radius 1 is 1.18 bits per heavy atom. The van der Waals surface area contributed by atoms with Gasteiger partial charge in [0, 0.05) is 56.1 Å². The summed E-state index contributed by atoms with van der Waals surface area (Å²) in [6.07, 6.45) is 2.53. The normalized spacial score (nSPS) is 19.7. The minimum absolute atomic E-state index is 0.0268. The lowest BCUT2D eigenvalue weighted by Crippen LogP contribution is -2.49. The summed E-state index contributed by atoms with van der Waals surface area (Å²) in [4.78, 5) is 21.5. The van der Waals surface area contributed by atoms with Gasteiger partial charge in [-0.05, 0) is 37.1 Å². The van der Waals surface area contributed by atoms with Crippen LogP contribution in [0.1, 0.15) is 27.9 Å². The van der Waals surface area contributed by atoms with Gasteiger partial charge in [-0.25, -0.2) is 4.98 Å². The first-order valence-electron chi connectivity index (χ1n) is 9.93. The third kappa shape index (κ3) is 3.97. The molecule has 1 aromatic carbocycles. The van der Waals surface area contributed by atoms with E-state index in [9.17, 15) is 4.79 Å². The lowest BCUT2D eigenvalue weighted by molar-refractivity contribution is 0.0745. The van der Waals surface area contributed by atoms with Crippen LogP contribution in [0.3, 0.4) is 0 Å². The van der Waals surface area contributed by atoms with Gasteiger partial charge in [0.1, 0.15) is 6.10 Å². The van der Waals surface area contributed by atoms with Gasteiger partial charge < -0.3 is 19.3 Å². The molecule has 2 aliphatic rings. The van der Waals surface area contributed by atoms with Gasteiger partial charge in [0.2, 0.25) is 5.88 Å². The second-order valence-corrected chi connectivity index (χ2v) is 7.48. The molecule has 1 aromatic heterocycles. The Kier molecular flexibility index (Phi) is 5.48. The summed E-state index contributed by atoms with van der Waals surface area (Å²) < 4.78 is 11.2. The molecule has 2 saturated heterocycles. The molecule has 28 heavy (non-hydrogen) atoms. The van der Waals surface area contributed by atoms with Crippen LogP contribution < -0.4 is 9.64 Å². The molecule has 0 bridgehead atoms. The molecule has 0 spiro atoms. The van der Waals surface area contributed by atoms with E-state index in [2.05, 4.69) is 41.9 Å². The van der Waals surface area contributed by atoms with Gasteiger partial charge in [0.15, 0.2) is 0 Å². The van der Waals surface area contributed by atoms with Gasteiger partial charge in [0.25, 0.3) is 5.91 Å². The zero-order chi connectivity index (χ0) is 19.5. The number of hydrogen-bond acceptors (Lipinski definition) is 5. The predicted octanol–water partition coefficient (Wildman–Crippen LogP) is 2.83. The predicted molar refractivity (Wildman–Crippen MR) is 108 cm³/mol. The summed E-state index contributed by atoms with van der Waals surface area (Å²) in [5, 5.41) is 0. The molecule has 0 N–H and O–H groups in total. The fourth-order valence-corrected chi connectivity index (χ4v) is 3.79. The number of aryl methyl sites for hydroxylation is 1. The van der Waals surface area contributed by atoms with Crippen molar-refractivity contribution in [2.45, 2.75) is 26.4 Å². The van der Waals surface area contributed by atoms with Crippen molar-refractivity contribution in [3.8, 4) is 5.88 Å². The van der Waals surface area contributed by atoms with Crippen molar-refractivity contribution >= 4 is 11.6 Å². The molecule has 1 unspecified atom stereocenters. The maximum Gasteiger partial charge on any atom is 0.254 e. The molecule has 3 heterocycles. The molecule has 6 nitrogen and oxygen atoms in total. The van der Waals surface area contributed by atoms with Gasteiger partial charge in [-0.1, -0.05) is 12.1 Å². The number of ether oxygens (including phenoxy) is 2. The molecular weight excluding hydrogens is 354 g/mol. The fraction of sp³-hybridized carbons (Fsp3) is 0.455. The summed E-state index contributed by atoms with van der Waals surface area (Å²) in [7, 11) is 0. The van der Waals surface area contributed by atoms with Crippen molar-refractivity contribution in [1.29, 1.82) is 0 Å². The maximum absolute atomic E-state index is 13.0. The zero-order valence-corrected chi connectivity index (χ0v) is 16.6. The lowest BCUT2D eigenvalue weighted by Gasteiger charge is -2.37. The van der Waals surface area contributed by atoms with E-state index in [0.29, 0.717) is 37.7 Å². The van der Waals surface area contributed by atoms with Crippen LogP contribution in [-0.4, -0.2) is 61.3 Å². The standard InChI is InChI=1S/C22H27N3O3/c1-16-4-3-5-20(17(16)2)24-9-11-25(12-10-24)22(26)18-6-8-23-21(14-18)28-19-7-13-27-15-19/h3-6,8,14,19H,7,9-13,15H2,1-2H3. The van der Waals surface area contributed by atoms with E-state index < -0.39 is 0 Å².